The lowest BCUT2D eigenvalue weighted by Gasteiger charge is -2.08. The van der Waals surface area contributed by atoms with Crippen LogP contribution in [0.1, 0.15) is 28.4 Å². The second-order valence-corrected chi connectivity index (χ2v) is 7.50. The fourth-order valence-electron chi connectivity index (χ4n) is 2.84. The summed E-state index contributed by atoms with van der Waals surface area (Å²) in [6, 6.07) is 20.5. The van der Waals surface area contributed by atoms with Crippen LogP contribution in [0.3, 0.4) is 0 Å². The molecule has 0 fully saturated rings. The van der Waals surface area contributed by atoms with Gasteiger partial charge in [-0.2, -0.15) is 0 Å². The van der Waals surface area contributed by atoms with E-state index in [9.17, 15) is 14.4 Å². The van der Waals surface area contributed by atoms with E-state index in [0.717, 1.165) is 11.1 Å². The van der Waals surface area contributed by atoms with Gasteiger partial charge in [-0.15, -0.1) is 0 Å². The van der Waals surface area contributed by atoms with E-state index < -0.39 is 6.16 Å². The number of rotatable bonds is 8. The quantitative estimate of drug-likeness (QED) is 0.255. The second kappa shape index (κ2) is 12.2. The molecule has 0 aliphatic heterocycles. The Balaban J connectivity index is 1.46. The molecule has 0 spiro atoms. The predicted molar refractivity (Wildman–Crippen MR) is 131 cm³/mol. The maximum Gasteiger partial charge on any atom is 0.513 e. The van der Waals surface area contributed by atoms with Crippen molar-refractivity contribution in [2.45, 2.75) is 13.5 Å². The summed E-state index contributed by atoms with van der Waals surface area (Å²) in [7, 11) is 0. The van der Waals surface area contributed by atoms with Crippen molar-refractivity contribution in [3.8, 4) is 5.75 Å². The molecule has 0 aromatic heterocycles. The molecule has 174 valence electrons. The Kier molecular flexibility index (Phi) is 8.82. The normalized spacial score (nSPS) is 10.5. The average molecular weight is 479 g/mol. The van der Waals surface area contributed by atoms with Crippen LogP contribution in [0.25, 0.3) is 6.08 Å². The van der Waals surface area contributed by atoms with Gasteiger partial charge in [-0.3, -0.25) is 9.59 Å². The Bertz CT molecular complexity index is 1160. The Labute approximate surface area is 202 Å². The van der Waals surface area contributed by atoms with Crippen LogP contribution in [-0.2, 0) is 16.1 Å². The van der Waals surface area contributed by atoms with E-state index in [1.54, 1.807) is 49.4 Å². The van der Waals surface area contributed by atoms with Crippen LogP contribution in [0.4, 0.5) is 10.5 Å². The molecule has 0 bridgehead atoms. The van der Waals surface area contributed by atoms with Crippen LogP contribution >= 0.6 is 11.6 Å². The van der Waals surface area contributed by atoms with E-state index in [2.05, 4.69) is 10.6 Å². The van der Waals surface area contributed by atoms with Crippen molar-refractivity contribution in [2.24, 2.45) is 0 Å². The molecule has 0 heterocycles. The maximum absolute atomic E-state index is 12.4. The van der Waals surface area contributed by atoms with Crippen molar-refractivity contribution < 1.29 is 23.9 Å². The lowest BCUT2D eigenvalue weighted by molar-refractivity contribution is -0.111. The summed E-state index contributed by atoms with van der Waals surface area (Å²) < 4.78 is 9.67. The number of ether oxygens (including phenoxy) is 2. The van der Waals surface area contributed by atoms with Gasteiger partial charge in [0.25, 0.3) is 5.91 Å². The second-order valence-electron chi connectivity index (χ2n) is 7.06. The average Bonchev–Trinajstić information content (AvgIpc) is 2.83. The van der Waals surface area contributed by atoms with E-state index in [4.69, 9.17) is 21.1 Å². The number of nitrogens with one attached hydrogen (secondary N) is 2. The van der Waals surface area contributed by atoms with Crippen molar-refractivity contribution in [1.29, 1.82) is 0 Å². The molecule has 2 N–H and O–H groups in total. The zero-order valence-corrected chi connectivity index (χ0v) is 19.2. The third kappa shape index (κ3) is 7.79. The molecule has 3 aromatic rings. The minimum absolute atomic E-state index is 0.216. The minimum atomic E-state index is -0.795. The van der Waals surface area contributed by atoms with Gasteiger partial charge in [0.15, 0.2) is 0 Å². The summed E-state index contributed by atoms with van der Waals surface area (Å²) in [5.74, 6) is -0.241. The van der Waals surface area contributed by atoms with Gasteiger partial charge < -0.3 is 20.1 Å². The van der Waals surface area contributed by atoms with E-state index in [1.165, 1.54) is 18.2 Å². The van der Waals surface area contributed by atoms with Crippen molar-refractivity contribution in [3.63, 3.8) is 0 Å². The lowest BCUT2D eigenvalue weighted by atomic mass is 10.1. The molecular formula is C26H23ClN2O5. The Morgan fingerprint density at radius 3 is 2.24 bits per heavy atom. The fraction of sp³-hybridized carbons (Fsp3) is 0.115. The summed E-state index contributed by atoms with van der Waals surface area (Å²) in [5.41, 5.74) is 2.79. The zero-order chi connectivity index (χ0) is 24.3. The highest BCUT2D eigenvalue weighted by Crippen LogP contribution is 2.14. The van der Waals surface area contributed by atoms with Gasteiger partial charge in [-0.05, 0) is 72.7 Å². The zero-order valence-electron chi connectivity index (χ0n) is 18.4. The van der Waals surface area contributed by atoms with E-state index >= 15 is 0 Å². The van der Waals surface area contributed by atoms with Gasteiger partial charge in [-0.1, -0.05) is 35.9 Å². The van der Waals surface area contributed by atoms with Crippen LogP contribution < -0.4 is 15.4 Å². The van der Waals surface area contributed by atoms with Crippen molar-refractivity contribution >= 4 is 41.3 Å². The maximum atomic E-state index is 12.4. The Morgan fingerprint density at radius 2 is 1.59 bits per heavy atom. The van der Waals surface area contributed by atoms with Crippen LogP contribution in [-0.4, -0.2) is 24.6 Å². The first-order valence-corrected chi connectivity index (χ1v) is 10.9. The first kappa shape index (κ1) is 24.5. The number of benzene rings is 3. The first-order chi connectivity index (χ1) is 16.4. The molecule has 7 nitrogen and oxygen atoms in total. The molecule has 34 heavy (non-hydrogen) atoms. The van der Waals surface area contributed by atoms with Gasteiger partial charge in [0, 0.05) is 28.9 Å². The minimum Gasteiger partial charge on any atom is -0.434 e. The fourth-order valence-corrected chi connectivity index (χ4v) is 2.96. The van der Waals surface area contributed by atoms with Gasteiger partial charge in [0.05, 0.1) is 6.61 Å². The molecule has 0 unspecified atom stereocenters. The van der Waals surface area contributed by atoms with Crippen LogP contribution in [0.15, 0.2) is 78.9 Å². The van der Waals surface area contributed by atoms with Gasteiger partial charge in [-0.25, -0.2) is 4.79 Å². The molecule has 3 rings (SSSR count). The summed E-state index contributed by atoms with van der Waals surface area (Å²) in [5, 5.41) is 6.24. The highest BCUT2D eigenvalue weighted by atomic mass is 35.5. The van der Waals surface area contributed by atoms with Gasteiger partial charge >= 0.3 is 6.16 Å². The van der Waals surface area contributed by atoms with E-state index in [0.29, 0.717) is 22.8 Å². The number of halogens is 1. The number of hydrogen-bond acceptors (Lipinski definition) is 5. The van der Waals surface area contributed by atoms with Gasteiger partial charge in [0.2, 0.25) is 5.91 Å². The van der Waals surface area contributed by atoms with Crippen molar-refractivity contribution in [3.05, 3.63) is 101 Å². The number of amides is 2. The Hall–Kier alpha value is -4.10. The standard InChI is InChI=1S/C26H23ClN2O5/c1-2-33-26(32)34-23-14-8-20(9-15-23)25(31)28-17-19-5-12-22(13-6-19)29-24(30)16-7-18-3-10-21(27)11-4-18/h3-16H,2,17H2,1H3,(H,28,31)(H,29,30)/b16-7+. The van der Waals surface area contributed by atoms with Crippen LogP contribution in [0.5, 0.6) is 5.75 Å². The topological polar surface area (TPSA) is 93.7 Å². The number of carbonyl (C=O) groups is 3. The first-order valence-electron chi connectivity index (χ1n) is 10.5. The molecule has 2 amide bonds. The van der Waals surface area contributed by atoms with E-state index in [-0.39, 0.29) is 24.2 Å². The third-order valence-corrected chi connectivity index (χ3v) is 4.80. The summed E-state index contributed by atoms with van der Waals surface area (Å²) >= 11 is 5.85. The monoisotopic (exact) mass is 478 g/mol. The van der Waals surface area contributed by atoms with Crippen LogP contribution in [0.2, 0.25) is 5.02 Å². The summed E-state index contributed by atoms with van der Waals surface area (Å²) in [4.78, 5) is 35.8. The third-order valence-electron chi connectivity index (χ3n) is 4.55. The van der Waals surface area contributed by atoms with Crippen LogP contribution in [0, 0.1) is 0 Å². The van der Waals surface area contributed by atoms with E-state index in [1.807, 2.05) is 24.3 Å². The number of carbonyl (C=O) groups excluding carboxylic acids is 3. The molecule has 0 atom stereocenters. The van der Waals surface area contributed by atoms with Gasteiger partial charge in [0.1, 0.15) is 5.75 Å². The molecule has 8 heteroatoms. The molecule has 0 aliphatic rings. The predicted octanol–water partition coefficient (Wildman–Crippen LogP) is 5.46. The molecule has 0 aliphatic carbocycles. The lowest BCUT2D eigenvalue weighted by Crippen LogP contribution is -2.22. The molecule has 0 saturated heterocycles. The molecular weight excluding hydrogens is 456 g/mol. The Morgan fingerprint density at radius 1 is 0.912 bits per heavy atom. The SMILES string of the molecule is CCOC(=O)Oc1ccc(C(=O)NCc2ccc(NC(=O)/C=C/c3ccc(Cl)cc3)cc2)cc1. The number of anilines is 1. The summed E-state index contributed by atoms with van der Waals surface area (Å²) in [6.45, 7) is 2.21. The highest BCUT2D eigenvalue weighted by Gasteiger charge is 2.08. The largest absolute Gasteiger partial charge is 0.513 e. The number of hydrogen-bond donors (Lipinski definition) is 2. The van der Waals surface area contributed by atoms with Crippen molar-refractivity contribution in [1.82, 2.24) is 5.32 Å². The molecule has 3 aromatic carbocycles. The molecule has 0 saturated carbocycles. The smallest absolute Gasteiger partial charge is 0.434 e. The van der Waals surface area contributed by atoms with Crippen molar-refractivity contribution in [2.75, 3.05) is 11.9 Å². The highest BCUT2D eigenvalue weighted by molar-refractivity contribution is 6.30. The molecule has 0 radical (unpaired) electrons. The summed E-state index contributed by atoms with van der Waals surface area (Å²) in [6.07, 6.45) is 2.35.